The summed E-state index contributed by atoms with van der Waals surface area (Å²) in [7, 11) is 0. The van der Waals surface area contributed by atoms with Gasteiger partial charge in [0.25, 0.3) is 6.43 Å². The lowest BCUT2D eigenvalue weighted by Gasteiger charge is -2.16. The summed E-state index contributed by atoms with van der Waals surface area (Å²) in [6.45, 7) is 0.629. The Kier molecular flexibility index (Phi) is 4.78. The van der Waals surface area contributed by atoms with Gasteiger partial charge in [0.05, 0.1) is 24.6 Å². The minimum Gasteiger partial charge on any atom is -0.334 e. The minimum atomic E-state index is -2.37. The topological polar surface area (TPSA) is 57.3 Å². The fraction of sp³-hybridized carbons (Fsp3) is 0.500. The summed E-state index contributed by atoms with van der Waals surface area (Å²) in [5.74, 6) is -0.549. The standard InChI is InChI=1S/C12H15F3N4O/c13-8-3-10(5-16-4-8)18-12(20)17-9-1-2-19(6-9)7-11(14)15/h3-5,9,11H,1-2,6-7H2,(H2,17,18,20). The molecule has 1 aromatic rings. The van der Waals surface area contributed by atoms with Gasteiger partial charge in [-0.1, -0.05) is 0 Å². The van der Waals surface area contributed by atoms with Crippen molar-refractivity contribution >= 4 is 11.7 Å². The van der Waals surface area contributed by atoms with Gasteiger partial charge in [-0.2, -0.15) is 0 Å². The lowest BCUT2D eigenvalue weighted by Crippen LogP contribution is -2.40. The fourth-order valence-corrected chi connectivity index (χ4v) is 2.14. The third-order valence-electron chi connectivity index (χ3n) is 2.97. The number of pyridine rings is 1. The molecule has 8 heteroatoms. The largest absolute Gasteiger partial charge is 0.334 e. The predicted molar refractivity (Wildman–Crippen MR) is 67.2 cm³/mol. The smallest absolute Gasteiger partial charge is 0.319 e. The van der Waals surface area contributed by atoms with Gasteiger partial charge in [0.15, 0.2) is 0 Å². The lowest BCUT2D eigenvalue weighted by molar-refractivity contribution is 0.0988. The van der Waals surface area contributed by atoms with E-state index in [1.165, 1.54) is 6.20 Å². The van der Waals surface area contributed by atoms with Gasteiger partial charge >= 0.3 is 6.03 Å². The molecule has 20 heavy (non-hydrogen) atoms. The van der Waals surface area contributed by atoms with Gasteiger partial charge in [0.2, 0.25) is 0 Å². The number of nitrogens with zero attached hydrogens (tertiary/aromatic N) is 2. The van der Waals surface area contributed by atoms with E-state index in [-0.39, 0.29) is 18.3 Å². The molecule has 1 aliphatic rings. The van der Waals surface area contributed by atoms with E-state index >= 15 is 0 Å². The molecular formula is C12H15F3N4O. The number of carbonyl (C=O) groups excluding carboxylic acids is 1. The van der Waals surface area contributed by atoms with Crippen molar-refractivity contribution in [3.63, 3.8) is 0 Å². The van der Waals surface area contributed by atoms with Crippen molar-refractivity contribution in [3.8, 4) is 0 Å². The molecule has 0 bridgehead atoms. The maximum atomic E-state index is 12.9. The van der Waals surface area contributed by atoms with Crippen molar-refractivity contribution in [3.05, 3.63) is 24.3 Å². The molecule has 0 saturated carbocycles. The first-order valence-electron chi connectivity index (χ1n) is 6.21. The summed E-state index contributed by atoms with van der Waals surface area (Å²) in [5.41, 5.74) is 0.241. The van der Waals surface area contributed by atoms with Crippen molar-refractivity contribution in [1.82, 2.24) is 15.2 Å². The third kappa shape index (κ3) is 4.37. The highest BCUT2D eigenvalue weighted by molar-refractivity contribution is 5.89. The minimum absolute atomic E-state index is 0.185. The number of urea groups is 1. The van der Waals surface area contributed by atoms with E-state index < -0.39 is 18.3 Å². The Bertz CT molecular complexity index is 472. The summed E-state index contributed by atoms with van der Waals surface area (Å²) in [5, 5.41) is 5.11. The van der Waals surface area contributed by atoms with Gasteiger partial charge in [0, 0.05) is 25.2 Å². The molecule has 0 radical (unpaired) electrons. The van der Waals surface area contributed by atoms with Crippen LogP contribution >= 0.6 is 0 Å². The van der Waals surface area contributed by atoms with Crippen LogP contribution in [0.4, 0.5) is 23.7 Å². The molecule has 0 aromatic carbocycles. The number of halogens is 3. The van der Waals surface area contributed by atoms with Crippen LogP contribution in [0.15, 0.2) is 18.5 Å². The molecular weight excluding hydrogens is 273 g/mol. The Balaban J connectivity index is 1.78. The zero-order valence-corrected chi connectivity index (χ0v) is 10.7. The first-order chi connectivity index (χ1) is 9.52. The van der Waals surface area contributed by atoms with E-state index in [2.05, 4.69) is 15.6 Å². The lowest BCUT2D eigenvalue weighted by atomic mass is 10.3. The molecule has 1 aliphatic heterocycles. The normalized spacial score (nSPS) is 19.3. The second kappa shape index (κ2) is 6.56. The Hall–Kier alpha value is -1.83. The van der Waals surface area contributed by atoms with Crippen LogP contribution in [0.5, 0.6) is 0 Å². The second-order valence-electron chi connectivity index (χ2n) is 4.63. The molecule has 2 amide bonds. The third-order valence-corrected chi connectivity index (χ3v) is 2.97. The van der Waals surface area contributed by atoms with Crippen molar-refractivity contribution in [2.75, 3.05) is 25.0 Å². The molecule has 1 fully saturated rings. The molecule has 1 aromatic heterocycles. The Labute approximate surface area is 114 Å². The number of nitrogens with one attached hydrogen (secondary N) is 2. The van der Waals surface area contributed by atoms with E-state index in [9.17, 15) is 18.0 Å². The van der Waals surface area contributed by atoms with Crippen molar-refractivity contribution in [1.29, 1.82) is 0 Å². The molecule has 0 spiro atoms. The number of hydrogen-bond acceptors (Lipinski definition) is 3. The van der Waals surface area contributed by atoms with Crippen LogP contribution in [-0.4, -0.2) is 48.0 Å². The molecule has 1 atom stereocenters. The average molecular weight is 288 g/mol. The summed E-state index contributed by atoms with van der Waals surface area (Å²) in [6.07, 6.45) is 0.588. The Morgan fingerprint density at radius 2 is 2.30 bits per heavy atom. The van der Waals surface area contributed by atoms with Gasteiger partial charge in [0.1, 0.15) is 5.82 Å². The van der Waals surface area contributed by atoms with E-state index in [1.807, 2.05) is 0 Å². The number of amides is 2. The summed E-state index contributed by atoms with van der Waals surface area (Å²) >= 11 is 0. The molecule has 1 unspecified atom stereocenters. The van der Waals surface area contributed by atoms with Crippen LogP contribution in [-0.2, 0) is 0 Å². The SMILES string of the molecule is O=C(Nc1cncc(F)c1)NC1CCN(CC(F)F)C1. The van der Waals surface area contributed by atoms with Crippen molar-refractivity contribution < 1.29 is 18.0 Å². The van der Waals surface area contributed by atoms with Crippen LogP contribution < -0.4 is 10.6 Å². The predicted octanol–water partition coefficient (Wildman–Crippen LogP) is 1.68. The number of hydrogen-bond donors (Lipinski definition) is 2. The zero-order valence-electron chi connectivity index (χ0n) is 10.7. The van der Waals surface area contributed by atoms with Gasteiger partial charge in [-0.3, -0.25) is 9.88 Å². The molecule has 5 nitrogen and oxygen atoms in total. The molecule has 0 aliphatic carbocycles. The van der Waals surface area contributed by atoms with Crippen LogP contribution in [0.25, 0.3) is 0 Å². The number of carbonyl (C=O) groups is 1. The summed E-state index contributed by atoms with van der Waals surface area (Å²) in [4.78, 5) is 16.9. The molecule has 2 heterocycles. The van der Waals surface area contributed by atoms with E-state index in [0.29, 0.717) is 19.5 Å². The van der Waals surface area contributed by atoms with Crippen molar-refractivity contribution in [2.45, 2.75) is 18.9 Å². The summed E-state index contributed by atoms with van der Waals surface area (Å²) < 4.78 is 37.3. The maximum absolute atomic E-state index is 12.9. The van der Waals surface area contributed by atoms with Crippen LogP contribution in [0.3, 0.4) is 0 Å². The van der Waals surface area contributed by atoms with Gasteiger partial charge in [-0.25, -0.2) is 18.0 Å². The number of rotatable bonds is 4. The van der Waals surface area contributed by atoms with E-state index in [4.69, 9.17) is 0 Å². The van der Waals surface area contributed by atoms with Crippen molar-refractivity contribution in [2.24, 2.45) is 0 Å². The highest BCUT2D eigenvalue weighted by atomic mass is 19.3. The second-order valence-corrected chi connectivity index (χ2v) is 4.63. The first kappa shape index (κ1) is 14.6. The zero-order chi connectivity index (χ0) is 14.5. The fourth-order valence-electron chi connectivity index (χ4n) is 2.14. The highest BCUT2D eigenvalue weighted by Crippen LogP contribution is 2.12. The van der Waals surface area contributed by atoms with Gasteiger partial charge in [-0.05, 0) is 6.42 Å². The Morgan fingerprint density at radius 3 is 3.00 bits per heavy atom. The van der Waals surface area contributed by atoms with Crippen LogP contribution in [0.2, 0.25) is 0 Å². The van der Waals surface area contributed by atoms with E-state index in [0.717, 1.165) is 12.3 Å². The molecule has 1 saturated heterocycles. The number of aromatic nitrogens is 1. The maximum Gasteiger partial charge on any atom is 0.319 e. The number of anilines is 1. The number of alkyl halides is 2. The molecule has 110 valence electrons. The number of likely N-dealkylation sites (tertiary alicyclic amines) is 1. The first-order valence-corrected chi connectivity index (χ1v) is 6.21. The monoisotopic (exact) mass is 288 g/mol. The quantitative estimate of drug-likeness (QED) is 0.886. The van der Waals surface area contributed by atoms with Crippen LogP contribution in [0.1, 0.15) is 6.42 Å². The van der Waals surface area contributed by atoms with Crippen LogP contribution in [0, 0.1) is 5.82 Å². The summed E-state index contributed by atoms with van der Waals surface area (Å²) in [6, 6.07) is 0.459. The highest BCUT2D eigenvalue weighted by Gasteiger charge is 2.25. The van der Waals surface area contributed by atoms with E-state index in [1.54, 1.807) is 4.90 Å². The molecule has 2 N–H and O–H groups in total. The Morgan fingerprint density at radius 1 is 1.50 bits per heavy atom. The average Bonchev–Trinajstić information content (AvgIpc) is 2.75. The van der Waals surface area contributed by atoms with Gasteiger partial charge in [-0.15, -0.1) is 0 Å². The molecule has 2 rings (SSSR count). The van der Waals surface area contributed by atoms with Gasteiger partial charge < -0.3 is 10.6 Å².